The highest BCUT2D eigenvalue weighted by atomic mass is 16.5. The highest BCUT2D eigenvalue weighted by Gasteiger charge is 2.20. The van der Waals surface area contributed by atoms with Crippen LogP contribution in [0.5, 0.6) is 5.75 Å². The molecule has 1 aromatic carbocycles. The van der Waals surface area contributed by atoms with Gasteiger partial charge in [0.1, 0.15) is 5.75 Å². The summed E-state index contributed by atoms with van der Waals surface area (Å²) in [5.74, 6) is 1.06. The van der Waals surface area contributed by atoms with Crippen LogP contribution in [0.15, 0.2) is 24.3 Å². The summed E-state index contributed by atoms with van der Waals surface area (Å²) in [7, 11) is 0. The summed E-state index contributed by atoms with van der Waals surface area (Å²) in [4.78, 5) is 2.40. The van der Waals surface area contributed by atoms with Crippen molar-refractivity contribution >= 4 is 5.69 Å². The van der Waals surface area contributed by atoms with E-state index in [-0.39, 0.29) is 0 Å². The number of anilines is 1. The van der Waals surface area contributed by atoms with Crippen molar-refractivity contribution in [1.82, 2.24) is 5.32 Å². The molecule has 0 unspecified atom stereocenters. The molecule has 0 bridgehead atoms. The minimum absolute atomic E-state index is 0.431. The Kier molecular flexibility index (Phi) is 3.69. The molecule has 1 aromatic rings. The second kappa shape index (κ2) is 5.61. The third-order valence-electron chi connectivity index (χ3n) is 3.86. The molecule has 0 N–H and O–H groups in total. The molecule has 2 fully saturated rings. The van der Waals surface area contributed by atoms with Crippen LogP contribution < -0.4 is 15.0 Å². The van der Waals surface area contributed by atoms with Crippen LogP contribution in [0.1, 0.15) is 25.7 Å². The van der Waals surface area contributed by atoms with Crippen LogP contribution in [0.3, 0.4) is 0 Å². The molecule has 1 saturated heterocycles. The van der Waals surface area contributed by atoms with Crippen LogP contribution in [0.4, 0.5) is 5.69 Å². The first-order valence-electron chi connectivity index (χ1n) is 7.07. The summed E-state index contributed by atoms with van der Waals surface area (Å²) >= 11 is 0. The van der Waals surface area contributed by atoms with Crippen molar-refractivity contribution in [3.8, 4) is 5.75 Å². The zero-order valence-electron chi connectivity index (χ0n) is 10.8. The largest absolute Gasteiger partial charge is 0.488 e. The van der Waals surface area contributed by atoms with Crippen molar-refractivity contribution in [3.05, 3.63) is 24.3 Å². The van der Waals surface area contributed by atoms with E-state index in [0.717, 1.165) is 31.9 Å². The van der Waals surface area contributed by atoms with Crippen LogP contribution in [0.2, 0.25) is 0 Å². The number of rotatable bonds is 3. The fraction of sp³-hybridized carbons (Fsp3) is 0.600. The molecule has 1 heterocycles. The van der Waals surface area contributed by atoms with Crippen LogP contribution in [0, 0.1) is 0 Å². The second-order valence-corrected chi connectivity index (χ2v) is 5.15. The Morgan fingerprint density at radius 2 is 1.78 bits per heavy atom. The van der Waals surface area contributed by atoms with E-state index in [0.29, 0.717) is 6.10 Å². The van der Waals surface area contributed by atoms with E-state index in [1.807, 2.05) is 0 Å². The van der Waals surface area contributed by atoms with Crippen molar-refractivity contribution in [2.24, 2.45) is 0 Å². The molecule has 0 amide bonds. The highest BCUT2D eigenvalue weighted by Crippen LogP contribution is 2.32. The number of nitrogens with zero attached hydrogens (tertiary/aromatic N) is 2. The fourth-order valence-electron chi connectivity index (χ4n) is 2.85. The van der Waals surface area contributed by atoms with E-state index in [4.69, 9.17) is 4.74 Å². The second-order valence-electron chi connectivity index (χ2n) is 5.15. The third kappa shape index (κ3) is 2.61. The van der Waals surface area contributed by atoms with E-state index in [1.165, 1.54) is 31.4 Å². The number of benzene rings is 1. The monoisotopic (exact) mass is 245 g/mol. The fourth-order valence-corrected chi connectivity index (χ4v) is 2.85. The first-order chi connectivity index (χ1) is 8.93. The van der Waals surface area contributed by atoms with E-state index in [1.54, 1.807) is 0 Å². The van der Waals surface area contributed by atoms with Crippen LogP contribution in [-0.4, -0.2) is 32.3 Å². The molecule has 1 aliphatic carbocycles. The van der Waals surface area contributed by atoms with Gasteiger partial charge in [-0.1, -0.05) is 12.1 Å². The van der Waals surface area contributed by atoms with Crippen molar-refractivity contribution in [2.75, 3.05) is 31.1 Å². The Bertz CT molecular complexity index is 382. The molecule has 97 valence electrons. The van der Waals surface area contributed by atoms with Gasteiger partial charge in [-0.2, -0.15) is 0 Å². The van der Waals surface area contributed by atoms with E-state index in [2.05, 4.69) is 34.5 Å². The first kappa shape index (κ1) is 11.8. The molecule has 18 heavy (non-hydrogen) atoms. The van der Waals surface area contributed by atoms with Crippen molar-refractivity contribution in [3.63, 3.8) is 0 Å². The quantitative estimate of drug-likeness (QED) is 0.817. The summed E-state index contributed by atoms with van der Waals surface area (Å²) in [6.07, 6.45) is 5.48. The van der Waals surface area contributed by atoms with Gasteiger partial charge in [0.25, 0.3) is 0 Å². The van der Waals surface area contributed by atoms with Crippen LogP contribution in [-0.2, 0) is 0 Å². The third-order valence-corrected chi connectivity index (χ3v) is 3.86. The topological polar surface area (TPSA) is 26.6 Å². The van der Waals surface area contributed by atoms with Gasteiger partial charge in [0.15, 0.2) is 0 Å². The Balaban J connectivity index is 1.75. The molecule has 0 aromatic heterocycles. The van der Waals surface area contributed by atoms with Gasteiger partial charge in [0.05, 0.1) is 11.8 Å². The first-order valence-corrected chi connectivity index (χ1v) is 7.07. The Morgan fingerprint density at radius 1 is 1.06 bits per heavy atom. The summed E-state index contributed by atoms with van der Waals surface area (Å²) in [5, 5.41) is 4.40. The predicted octanol–water partition coefficient (Wildman–Crippen LogP) is 2.43. The molecule has 0 atom stereocenters. The summed E-state index contributed by atoms with van der Waals surface area (Å²) in [6.45, 7) is 3.92. The minimum Gasteiger partial charge on any atom is -0.488 e. The van der Waals surface area contributed by atoms with Gasteiger partial charge in [-0.15, -0.1) is 0 Å². The lowest BCUT2D eigenvalue weighted by Gasteiger charge is -2.30. The molecule has 3 heteroatoms. The average Bonchev–Trinajstić information content (AvgIpc) is 2.93. The Hall–Kier alpha value is -1.22. The smallest absolute Gasteiger partial charge is 0.143 e. The average molecular weight is 245 g/mol. The number of ether oxygens (including phenoxy) is 1. The zero-order valence-corrected chi connectivity index (χ0v) is 10.8. The van der Waals surface area contributed by atoms with E-state index >= 15 is 0 Å². The number of hydrogen-bond donors (Lipinski definition) is 0. The number of piperazine rings is 1. The van der Waals surface area contributed by atoms with E-state index < -0.39 is 0 Å². The lowest BCUT2D eigenvalue weighted by atomic mass is 10.2. The van der Waals surface area contributed by atoms with Gasteiger partial charge in [0.2, 0.25) is 0 Å². The number of para-hydroxylation sites is 2. The van der Waals surface area contributed by atoms with Gasteiger partial charge in [0, 0.05) is 26.2 Å². The summed E-state index contributed by atoms with van der Waals surface area (Å²) < 4.78 is 6.19. The van der Waals surface area contributed by atoms with Crippen molar-refractivity contribution in [2.45, 2.75) is 31.8 Å². The van der Waals surface area contributed by atoms with E-state index in [9.17, 15) is 0 Å². The molecule has 1 radical (unpaired) electrons. The molecule has 3 rings (SSSR count). The normalized spacial score (nSPS) is 21.2. The lowest BCUT2D eigenvalue weighted by Crippen LogP contribution is -2.40. The molecule has 2 aliphatic rings. The molecule has 3 nitrogen and oxygen atoms in total. The lowest BCUT2D eigenvalue weighted by molar-refractivity contribution is 0.210. The van der Waals surface area contributed by atoms with Gasteiger partial charge >= 0.3 is 0 Å². The Labute approximate surface area is 109 Å². The van der Waals surface area contributed by atoms with Gasteiger partial charge < -0.3 is 9.64 Å². The molecule has 1 aliphatic heterocycles. The van der Waals surface area contributed by atoms with Crippen molar-refractivity contribution in [1.29, 1.82) is 0 Å². The standard InChI is InChI=1S/C15H21N2O/c1-2-6-13(5-1)18-15-8-4-3-7-14(15)17-11-9-16-10-12-17/h3-4,7-8,13H,1-2,5-6,9-12H2. The summed E-state index contributed by atoms with van der Waals surface area (Å²) in [5.41, 5.74) is 1.25. The van der Waals surface area contributed by atoms with Gasteiger partial charge in [-0.05, 0) is 37.8 Å². The Morgan fingerprint density at radius 3 is 2.56 bits per heavy atom. The maximum absolute atomic E-state index is 6.19. The summed E-state index contributed by atoms with van der Waals surface area (Å²) in [6, 6.07) is 8.46. The molecule has 0 spiro atoms. The van der Waals surface area contributed by atoms with Gasteiger partial charge in [-0.3, -0.25) is 0 Å². The maximum Gasteiger partial charge on any atom is 0.143 e. The van der Waals surface area contributed by atoms with Crippen LogP contribution in [0.25, 0.3) is 0 Å². The molecular weight excluding hydrogens is 224 g/mol. The van der Waals surface area contributed by atoms with Crippen molar-refractivity contribution < 1.29 is 4.74 Å². The molecule has 1 saturated carbocycles. The van der Waals surface area contributed by atoms with Crippen LogP contribution >= 0.6 is 0 Å². The highest BCUT2D eigenvalue weighted by molar-refractivity contribution is 5.58. The minimum atomic E-state index is 0.431. The van der Waals surface area contributed by atoms with Gasteiger partial charge in [-0.25, -0.2) is 5.32 Å². The predicted molar refractivity (Wildman–Crippen MR) is 73.4 cm³/mol. The SMILES string of the molecule is c1ccc(N2CC[N]CC2)c(OC2CCCC2)c1. The number of hydrogen-bond acceptors (Lipinski definition) is 2. The molecular formula is C15H21N2O. The zero-order chi connectivity index (χ0) is 12.2. The maximum atomic E-state index is 6.19.